The number of hydrogen-bond donors (Lipinski definition) is 2. The smallest absolute Gasteiger partial charge is 0.119 e. The summed E-state index contributed by atoms with van der Waals surface area (Å²) in [6.07, 6.45) is 6.66. The van der Waals surface area contributed by atoms with Crippen LogP contribution < -0.4 is 16.4 Å². The van der Waals surface area contributed by atoms with Gasteiger partial charge in [-0.15, -0.1) is 17.7 Å². The average Bonchev–Trinajstić information content (AvgIpc) is 2.90. The van der Waals surface area contributed by atoms with Gasteiger partial charge in [-0.2, -0.15) is 4.89 Å². The monoisotopic (exact) mass is 604 g/mol. The van der Waals surface area contributed by atoms with Gasteiger partial charge in [-0.3, -0.25) is 4.39 Å². The van der Waals surface area contributed by atoms with Gasteiger partial charge in [0.05, 0.1) is 12.9 Å². The first kappa shape index (κ1) is 35.6. The maximum atomic E-state index is 14.7. The predicted octanol–water partition coefficient (Wildman–Crippen LogP) is 8.00. The molecule has 0 saturated heterocycles. The molecule has 8 heteroatoms. The molecular formula is C29H39ClFN3O2Y-2. The predicted molar refractivity (Wildman–Crippen MR) is 148 cm³/mol. The van der Waals surface area contributed by atoms with E-state index < -0.39 is 5.82 Å². The van der Waals surface area contributed by atoms with Gasteiger partial charge in [0.2, 0.25) is 0 Å². The summed E-state index contributed by atoms with van der Waals surface area (Å²) < 4.78 is 14.7. The molecule has 0 heterocycles. The van der Waals surface area contributed by atoms with Crippen molar-refractivity contribution >= 4 is 11.6 Å². The summed E-state index contributed by atoms with van der Waals surface area (Å²) in [6.45, 7) is 4.42. The van der Waals surface area contributed by atoms with E-state index in [0.717, 1.165) is 11.1 Å². The molecule has 0 aliphatic heterocycles. The third-order valence-electron chi connectivity index (χ3n) is 5.82. The molecule has 1 radical (unpaired) electrons. The quantitative estimate of drug-likeness (QED) is 0.169. The number of halogens is 2. The summed E-state index contributed by atoms with van der Waals surface area (Å²) in [5.74, 6) is -0.632. The van der Waals surface area contributed by atoms with Crippen LogP contribution in [0.3, 0.4) is 0 Å². The maximum Gasteiger partial charge on any atom is 0.119 e. The van der Waals surface area contributed by atoms with Crippen molar-refractivity contribution in [3.05, 3.63) is 94.8 Å². The van der Waals surface area contributed by atoms with E-state index in [9.17, 15) is 4.39 Å². The SMILES string of the molecule is CC.COOc1cc[c-]c(-c2cc(C(CN)c3ccccc3)ccc2Cl)c1F.NC1CCCCC1.[NH2-].[Y]. The third-order valence-corrected chi connectivity index (χ3v) is 6.15. The molecule has 0 spiro atoms. The minimum Gasteiger partial charge on any atom is -0.693 e. The van der Waals surface area contributed by atoms with Gasteiger partial charge in [-0.05, 0) is 24.0 Å². The molecule has 0 amide bonds. The molecule has 1 fully saturated rings. The summed E-state index contributed by atoms with van der Waals surface area (Å²) in [7, 11) is 1.31. The molecule has 1 aliphatic carbocycles. The second kappa shape index (κ2) is 19.7. The van der Waals surface area contributed by atoms with Crippen LogP contribution in [0.4, 0.5) is 4.39 Å². The normalized spacial score (nSPS) is 13.4. The number of nitrogens with two attached hydrogens (primary N) is 3. The first-order valence-electron chi connectivity index (χ1n) is 12.3. The Hall–Kier alpha value is -1.38. The second-order valence-electron chi connectivity index (χ2n) is 8.12. The van der Waals surface area contributed by atoms with Gasteiger partial charge < -0.3 is 22.5 Å². The van der Waals surface area contributed by atoms with Gasteiger partial charge >= 0.3 is 0 Å². The molecule has 37 heavy (non-hydrogen) atoms. The summed E-state index contributed by atoms with van der Waals surface area (Å²) in [5, 5.41) is 0.419. The fraction of sp³-hybridized carbons (Fsp3) is 0.379. The van der Waals surface area contributed by atoms with Crippen LogP contribution in [0.2, 0.25) is 5.02 Å². The minimum absolute atomic E-state index is 0. The van der Waals surface area contributed by atoms with Crippen molar-refractivity contribution in [2.24, 2.45) is 11.5 Å². The molecule has 4 rings (SSSR count). The van der Waals surface area contributed by atoms with Crippen molar-refractivity contribution in [1.82, 2.24) is 0 Å². The van der Waals surface area contributed by atoms with Gasteiger partial charge in [0.25, 0.3) is 0 Å². The van der Waals surface area contributed by atoms with E-state index in [-0.39, 0.29) is 56.1 Å². The van der Waals surface area contributed by atoms with Crippen molar-refractivity contribution in [3.8, 4) is 16.9 Å². The van der Waals surface area contributed by atoms with Crippen LogP contribution in [0.5, 0.6) is 5.75 Å². The number of benzene rings is 3. The maximum absolute atomic E-state index is 14.7. The molecule has 201 valence electrons. The van der Waals surface area contributed by atoms with Gasteiger partial charge in [-0.1, -0.05) is 105 Å². The molecule has 0 bridgehead atoms. The van der Waals surface area contributed by atoms with Crippen LogP contribution in [-0.2, 0) is 37.6 Å². The fourth-order valence-corrected chi connectivity index (χ4v) is 4.26. The Balaban J connectivity index is 0.00000101. The molecule has 5 nitrogen and oxygen atoms in total. The Morgan fingerprint density at radius 2 is 1.68 bits per heavy atom. The van der Waals surface area contributed by atoms with Gasteiger partial charge in [0.1, 0.15) is 5.75 Å². The van der Waals surface area contributed by atoms with Crippen LogP contribution >= 0.6 is 11.6 Å². The van der Waals surface area contributed by atoms with Crippen LogP contribution in [0, 0.1) is 11.9 Å². The van der Waals surface area contributed by atoms with Crippen molar-refractivity contribution in [3.63, 3.8) is 0 Å². The summed E-state index contributed by atoms with van der Waals surface area (Å²) in [4.78, 5) is 9.41. The second-order valence-corrected chi connectivity index (χ2v) is 8.52. The molecular weight excluding hydrogens is 566 g/mol. The zero-order valence-electron chi connectivity index (χ0n) is 22.1. The largest absolute Gasteiger partial charge is 0.693 e. The average molecular weight is 605 g/mol. The summed E-state index contributed by atoms with van der Waals surface area (Å²) >= 11 is 6.34. The van der Waals surface area contributed by atoms with E-state index >= 15 is 0 Å². The molecule has 1 aliphatic rings. The molecule has 3 aromatic rings. The molecule has 1 atom stereocenters. The fourth-order valence-electron chi connectivity index (χ4n) is 4.05. The van der Waals surface area contributed by atoms with Crippen molar-refractivity contribution in [1.29, 1.82) is 0 Å². The first-order valence-corrected chi connectivity index (χ1v) is 12.6. The molecule has 1 unspecified atom stereocenters. The molecule has 1 saturated carbocycles. The summed E-state index contributed by atoms with van der Waals surface area (Å²) in [6, 6.07) is 21.8. The van der Waals surface area contributed by atoms with Crippen LogP contribution in [0.1, 0.15) is 63.0 Å². The van der Waals surface area contributed by atoms with E-state index in [1.54, 1.807) is 12.1 Å². The van der Waals surface area contributed by atoms with Gasteiger partial charge in [-0.25, -0.2) is 0 Å². The van der Waals surface area contributed by atoms with Gasteiger partial charge in [0, 0.05) is 56.2 Å². The Morgan fingerprint density at radius 1 is 1.03 bits per heavy atom. The van der Waals surface area contributed by atoms with E-state index in [4.69, 9.17) is 28.0 Å². The zero-order chi connectivity index (χ0) is 25.6. The standard InChI is InChI=1S/C21H18ClFNO2.C6H13N.C2H6.H2N.Y/c1-25-26-20-9-5-8-16(21(20)23)17-12-15(10-11-19(17)22)18(13-24)14-6-3-2-4-7-14;7-6-4-2-1-3-5-6;1-2;;/h2-7,9-12,18H,13,24H2,1H3;6H,1-5,7H2;1-2H3;1H2;/q-1;;;-1;. The topological polar surface area (TPSA) is 104 Å². The van der Waals surface area contributed by atoms with Crippen LogP contribution in [0.15, 0.2) is 60.7 Å². The van der Waals surface area contributed by atoms with E-state index in [0.29, 0.717) is 23.2 Å². The minimum atomic E-state index is -0.586. The number of hydrogen-bond acceptors (Lipinski definition) is 4. The Bertz CT molecular complexity index is 1020. The zero-order valence-corrected chi connectivity index (χ0v) is 25.6. The van der Waals surface area contributed by atoms with E-state index in [1.165, 1.54) is 45.3 Å². The molecule has 0 aromatic heterocycles. The third kappa shape index (κ3) is 10.7. The van der Waals surface area contributed by atoms with Crippen molar-refractivity contribution in [2.45, 2.75) is 57.9 Å². The Labute approximate surface area is 251 Å². The number of rotatable bonds is 6. The molecule has 6 N–H and O–H groups in total. The van der Waals surface area contributed by atoms with Crippen molar-refractivity contribution in [2.75, 3.05) is 13.7 Å². The Kier molecular flexibility index (Phi) is 18.9. The van der Waals surface area contributed by atoms with E-state index in [2.05, 4.69) is 11.0 Å². The Morgan fingerprint density at radius 3 is 2.22 bits per heavy atom. The van der Waals surface area contributed by atoms with Crippen molar-refractivity contribution < 1.29 is 46.9 Å². The van der Waals surface area contributed by atoms with Gasteiger partial charge in [0.15, 0.2) is 0 Å². The summed E-state index contributed by atoms with van der Waals surface area (Å²) in [5.41, 5.74) is 14.4. The van der Waals surface area contributed by atoms with Crippen LogP contribution in [0.25, 0.3) is 17.3 Å². The first-order chi connectivity index (χ1) is 17.0. The van der Waals surface area contributed by atoms with E-state index in [1.807, 2.05) is 56.3 Å². The van der Waals surface area contributed by atoms with Crippen LogP contribution in [-0.4, -0.2) is 19.7 Å². The molecule has 3 aromatic carbocycles.